The van der Waals surface area contributed by atoms with Crippen molar-refractivity contribution in [3.8, 4) is 0 Å². The van der Waals surface area contributed by atoms with Crippen molar-refractivity contribution in [3.05, 3.63) is 60.8 Å². The summed E-state index contributed by atoms with van der Waals surface area (Å²) in [5.74, 6) is -0.875. The molecule has 0 aliphatic rings. The second kappa shape index (κ2) is 63.6. The number of allylic oxidation sites excluding steroid dienone is 10. The van der Waals surface area contributed by atoms with Crippen molar-refractivity contribution >= 4 is 17.9 Å². The molecule has 0 bridgehead atoms. The quantitative estimate of drug-likeness (QED) is 0.0261. The summed E-state index contributed by atoms with van der Waals surface area (Å²) in [6, 6.07) is 0. The molecular formula is C69H124O6. The van der Waals surface area contributed by atoms with Crippen molar-refractivity contribution in [1.82, 2.24) is 0 Å². The molecule has 0 rings (SSSR count). The van der Waals surface area contributed by atoms with Crippen molar-refractivity contribution in [1.29, 1.82) is 0 Å². The monoisotopic (exact) mass is 1050 g/mol. The number of carbonyl (C=O) groups excluding carboxylic acids is 3. The summed E-state index contributed by atoms with van der Waals surface area (Å²) in [4.78, 5) is 38.3. The van der Waals surface area contributed by atoms with E-state index in [1.165, 1.54) is 225 Å². The van der Waals surface area contributed by atoms with Gasteiger partial charge in [0.1, 0.15) is 13.2 Å². The molecule has 0 N–H and O–H groups in total. The molecule has 0 fully saturated rings. The van der Waals surface area contributed by atoms with Crippen LogP contribution in [0.3, 0.4) is 0 Å². The van der Waals surface area contributed by atoms with Gasteiger partial charge in [-0.1, -0.05) is 274 Å². The molecule has 0 radical (unpaired) electrons. The molecule has 0 saturated carbocycles. The molecular weight excluding hydrogens is 925 g/mol. The smallest absolute Gasteiger partial charge is 0.306 e. The van der Waals surface area contributed by atoms with Crippen LogP contribution >= 0.6 is 0 Å². The Balaban J connectivity index is 4.30. The first kappa shape index (κ1) is 72.1. The molecule has 6 heteroatoms. The van der Waals surface area contributed by atoms with Gasteiger partial charge in [-0.3, -0.25) is 14.4 Å². The molecule has 1 atom stereocenters. The molecule has 0 amide bonds. The number of unbranched alkanes of at least 4 members (excludes halogenated alkanes) is 39. The third kappa shape index (κ3) is 61.8. The van der Waals surface area contributed by atoms with Gasteiger partial charge in [0.25, 0.3) is 0 Å². The van der Waals surface area contributed by atoms with E-state index in [2.05, 4.69) is 81.5 Å². The molecule has 0 aromatic carbocycles. The molecule has 0 heterocycles. The van der Waals surface area contributed by atoms with E-state index in [0.29, 0.717) is 19.3 Å². The average molecular weight is 1050 g/mol. The topological polar surface area (TPSA) is 78.9 Å². The fraction of sp³-hybridized carbons (Fsp3) is 0.812. The van der Waals surface area contributed by atoms with Crippen LogP contribution < -0.4 is 0 Å². The molecule has 0 spiro atoms. The van der Waals surface area contributed by atoms with Crippen LogP contribution in [0.2, 0.25) is 0 Å². The minimum atomic E-state index is -0.781. The molecule has 0 saturated heterocycles. The summed E-state index contributed by atoms with van der Waals surface area (Å²) in [6.07, 6.45) is 80.8. The predicted molar refractivity (Wildman–Crippen MR) is 325 cm³/mol. The normalized spacial score (nSPS) is 12.4. The number of rotatable bonds is 60. The Hall–Kier alpha value is -2.89. The van der Waals surface area contributed by atoms with Gasteiger partial charge < -0.3 is 14.2 Å². The van der Waals surface area contributed by atoms with Crippen molar-refractivity contribution < 1.29 is 28.6 Å². The standard InChI is InChI=1S/C69H124O6/c1-4-7-10-13-16-19-22-25-27-29-31-32-33-34-35-36-38-39-41-44-47-50-53-56-59-62-68(71)74-65-66(64-73-67(70)61-58-55-52-49-46-43-24-21-18-15-12-9-6-3)75-69(72)63-60-57-54-51-48-45-42-40-37-30-28-26-23-20-17-14-11-8-5-2/h21-22,24-26,28-29,31,33-34,66H,4-20,23,27,30,32,35-65H2,1-3H3/b24-21-,25-22-,28-26-,31-29-,34-33-. The Morgan fingerprint density at radius 3 is 0.773 bits per heavy atom. The lowest BCUT2D eigenvalue weighted by Gasteiger charge is -2.18. The first-order valence-corrected chi connectivity index (χ1v) is 32.8. The lowest BCUT2D eigenvalue weighted by atomic mass is 10.0. The maximum Gasteiger partial charge on any atom is 0.306 e. The molecule has 0 aliphatic carbocycles. The van der Waals surface area contributed by atoms with E-state index in [1.54, 1.807) is 0 Å². The van der Waals surface area contributed by atoms with Crippen molar-refractivity contribution in [3.63, 3.8) is 0 Å². The fourth-order valence-electron chi connectivity index (χ4n) is 9.50. The lowest BCUT2D eigenvalue weighted by Crippen LogP contribution is -2.30. The highest BCUT2D eigenvalue weighted by Crippen LogP contribution is 2.16. The van der Waals surface area contributed by atoms with Gasteiger partial charge in [-0.25, -0.2) is 0 Å². The number of esters is 3. The summed E-state index contributed by atoms with van der Waals surface area (Å²) < 4.78 is 16.9. The van der Waals surface area contributed by atoms with Crippen LogP contribution in [-0.2, 0) is 28.6 Å². The van der Waals surface area contributed by atoms with Gasteiger partial charge in [-0.05, 0) is 109 Å². The van der Waals surface area contributed by atoms with Gasteiger partial charge in [0, 0.05) is 19.3 Å². The van der Waals surface area contributed by atoms with E-state index in [4.69, 9.17) is 14.2 Å². The first-order valence-electron chi connectivity index (χ1n) is 32.8. The van der Waals surface area contributed by atoms with Crippen LogP contribution in [0, 0.1) is 0 Å². The lowest BCUT2D eigenvalue weighted by molar-refractivity contribution is -0.167. The van der Waals surface area contributed by atoms with E-state index in [0.717, 1.165) is 77.0 Å². The molecule has 0 aromatic rings. The second-order valence-electron chi connectivity index (χ2n) is 22.0. The zero-order valence-electron chi connectivity index (χ0n) is 50.1. The van der Waals surface area contributed by atoms with Crippen LogP contribution in [0.1, 0.15) is 342 Å². The number of hydrogen-bond acceptors (Lipinski definition) is 6. The van der Waals surface area contributed by atoms with E-state index in [-0.39, 0.29) is 31.1 Å². The minimum Gasteiger partial charge on any atom is -0.462 e. The summed E-state index contributed by atoms with van der Waals surface area (Å²) in [7, 11) is 0. The molecule has 1 unspecified atom stereocenters. The van der Waals surface area contributed by atoms with Crippen molar-refractivity contribution in [2.24, 2.45) is 0 Å². The van der Waals surface area contributed by atoms with Crippen molar-refractivity contribution in [2.45, 2.75) is 348 Å². The molecule has 0 aromatic heterocycles. The Morgan fingerprint density at radius 1 is 0.267 bits per heavy atom. The third-order valence-corrected chi connectivity index (χ3v) is 14.5. The average Bonchev–Trinajstić information content (AvgIpc) is 3.41. The Kier molecular flexibility index (Phi) is 61.2. The van der Waals surface area contributed by atoms with Gasteiger partial charge in [0.2, 0.25) is 0 Å². The Bertz CT molecular complexity index is 1340. The minimum absolute atomic E-state index is 0.0778. The van der Waals surface area contributed by atoms with Crippen LogP contribution in [-0.4, -0.2) is 37.2 Å². The summed E-state index contributed by atoms with van der Waals surface area (Å²) in [5, 5.41) is 0. The highest BCUT2D eigenvalue weighted by Gasteiger charge is 2.19. The largest absolute Gasteiger partial charge is 0.462 e. The van der Waals surface area contributed by atoms with Crippen molar-refractivity contribution in [2.75, 3.05) is 13.2 Å². The van der Waals surface area contributed by atoms with Crippen LogP contribution in [0.15, 0.2) is 60.8 Å². The van der Waals surface area contributed by atoms with Gasteiger partial charge in [0.05, 0.1) is 0 Å². The van der Waals surface area contributed by atoms with Crippen LogP contribution in [0.25, 0.3) is 0 Å². The number of ether oxygens (including phenoxy) is 3. The van der Waals surface area contributed by atoms with Gasteiger partial charge in [0.15, 0.2) is 6.10 Å². The third-order valence-electron chi connectivity index (χ3n) is 14.5. The summed E-state index contributed by atoms with van der Waals surface area (Å²) in [5.41, 5.74) is 0. The zero-order valence-corrected chi connectivity index (χ0v) is 50.1. The van der Waals surface area contributed by atoms with Gasteiger partial charge >= 0.3 is 17.9 Å². The highest BCUT2D eigenvalue weighted by molar-refractivity contribution is 5.71. The van der Waals surface area contributed by atoms with E-state index in [1.807, 2.05) is 0 Å². The zero-order chi connectivity index (χ0) is 54.3. The number of hydrogen-bond donors (Lipinski definition) is 0. The van der Waals surface area contributed by atoms with Gasteiger partial charge in [-0.2, -0.15) is 0 Å². The summed E-state index contributed by atoms with van der Waals surface area (Å²) in [6.45, 7) is 6.64. The highest BCUT2D eigenvalue weighted by atomic mass is 16.6. The van der Waals surface area contributed by atoms with Gasteiger partial charge in [-0.15, -0.1) is 0 Å². The predicted octanol–water partition coefficient (Wildman–Crippen LogP) is 22.3. The number of carbonyl (C=O) groups is 3. The molecule has 0 aliphatic heterocycles. The maximum absolute atomic E-state index is 12.9. The second-order valence-corrected chi connectivity index (χ2v) is 22.0. The molecule has 6 nitrogen and oxygen atoms in total. The Labute approximate surface area is 466 Å². The van der Waals surface area contributed by atoms with Crippen LogP contribution in [0.5, 0.6) is 0 Å². The van der Waals surface area contributed by atoms with E-state index >= 15 is 0 Å². The molecule has 436 valence electrons. The molecule has 75 heavy (non-hydrogen) atoms. The Morgan fingerprint density at radius 2 is 0.480 bits per heavy atom. The van der Waals surface area contributed by atoms with E-state index in [9.17, 15) is 14.4 Å². The maximum atomic E-state index is 12.9. The summed E-state index contributed by atoms with van der Waals surface area (Å²) >= 11 is 0. The SMILES string of the molecule is CCCCCC/C=C\CCCCCCCC(=O)OCC(COC(=O)CCCCCCCCCCCC/C=C\C/C=C\C/C=C\CCCCCCC)OC(=O)CCCCCCCCCCC/C=C\CCCCCCCC. The fourth-order valence-corrected chi connectivity index (χ4v) is 9.50. The van der Waals surface area contributed by atoms with E-state index < -0.39 is 6.10 Å². The van der Waals surface area contributed by atoms with Crippen LogP contribution in [0.4, 0.5) is 0 Å². The first-order chi connectivity index (χ1) is 37.0.